The molecule has 2 atom stereocenters. The lowest BCUT2D eigenvalue weighted by atomic mass is 9.85. The van der Waals surface area contributed by atoms with Crippen LogP contribution in [0, 0.1) is 5.92 Å². The molecule has 1 rings (SSSR count). The van der Waals surface area contributed by atoms with Crippen LogP contribution in [0.1, 0.15) is 45.4 Å². The third-order valence-corrected chi connectivity index (χ3v) is 2.86. The van der Waals surface area contributed by atoms with Gasteiger partial charge in [0.25, 0.3) is 0 Å². The molecule has 3 nitrogen and oxygen atoms in total. The maximum atomic E-state index is 11.6. The molecule has 0 amide bonds. The second-order valence-corrected chi connectivity index (χ2v) is 4.08. The summed E-state index contributed by atoms with van der Waals surface area (Å²) in [5.41, 5.74) is 5.88. The summed E-state index contributed by atoms with van der Waals surface area (Å²) in [7, 11) is 0. The maximum Gasteiger partial charge on any atom is 0.310 e. The highest BCUT2D eigenvalue weighted by Gasteiger charge is 2.29. The van der Waals surface area contributed by atoms with E-state index in [9.17, 15) is 4.79 Å². The van der Waals surface area contributed by atoms with Crippen molar-refractivity contribution < 1.29 is 9.53 Å². The molecular formula is C11H21NO2. The van der Waals surface area contributed by atoms with Crippen LogP contribution in [0.15, 0.2) is 0 Å². The lowest BCUT2D eigenvalue weighted by molar-refractivity contribution is -0.150. The Labute approximate surface area is 86.0 Å². The Morgan fingerprint density at radius 1 is 1.43 bits per heavy atom. The Kier molecular flexibility index (Phi) is 4.94. The van der Waals surface area contributed by atoms with Gasteiger partial charge in [-0.05, 0) is 19.3 Å². The zero-order chi connectivity index (χ0) is 10.4. The Balaban J connectivity index is 2.27. The van der Waals surface area contributed by atoms with Crippen LogP contribution in [-0.4, -0.2) is 18.6 Å². The molecule has 0 aromatic carbocycles. The number of nitrogens with two attached hydrogens (primary N) is 1. The number of unbranched alkanes of at least 4 members (excludes halogenated alkanes) is 1. The number of hydrogen-bond acceptors (Lipinski definition) is 3. The molecule has 0 aromatic heterocycles. The van der Waals surface area contributed by atoms with Crippen LogP contribution in [0.5, 0.6) is 0 Å². The van der Waals surface area contributed by atoms with Crippen LogP contribution in [-0.2, 0) is 9.53 Å². The van der Waals surface area contributed by atoms with Crippen LogP contribution in [0.25, 0.3) is 0 Å². The number of carbonyl (C=O) groups is 1. The molecule has 0 spiro atoms. The predicted octanol–water partition coefficient (Wildman–Crippen LogP) is 1.85. The van der Waals surface area contributed by atoms with E-state index >= 15 is 0 Å². The van der Waals surface area contributed by atoms with Gasteiger partial charge in [-0.3, -0.25) is 4.79 Å². The molecule has 1 saturated carbocycles. The van der Waals surface area contributed by atoms with Crippen molar-refractivity contribution in [3.63, 3.8) is 0 Å². The average molecular weight is 199 g/mol. The molecule has 82 valence electrons. The molecule has 3 heteroatoms. The molecule has 0 aliphatic heterocycles. The minimum absolute atomic E-state index is 0.0258. The summed E-state index contributed by atoms with van der Waals surface area (Å²) < 4.78 is 5.17. The zero-order valence-electron chi connectivity index (χ0n) is 9.00. The molecule has 2 unspecified atom stereocenters. The average Bonchev–Trinajstić information content (AvgIpc) is 2.18. The van der Waals surface area contributed by atoms with Gasteiger partial charge in [-0.25, -0.2) is 0 Å². The molecule has 1 fully saturated rings. The molecule has 14 heavy (non-hydrogen) atoms. The summed E-state index contributed by atoms with van der Waals surface area (Å²) in [5, 5.41) is 0. The first kappa shape index (κ1) is 11.5. The van der Waals surface area contributed by atoms with Crippen molar-refractivity contribution in [3.05, 3.63) is 0 Å². The summed E-state index contributed by atoms with van der Waals surface area (Å²) >= 11 is 0. The molecule has 0 radical (unpaired) electrons. The highest BCUT2D eigenvalue weighted by molar-refractivity contribution is 5.73. The second kappa shape index (κ2) is 6.02. The standard InChI is InChI=1S/C11H21NO2/c1-2-3-8-14-11(13)9-6-4-5-7-10(9)12/h9-10H,2-8,12H2,1H3. The van der Waals surface area contributed by atoms with Gasteiger partial charge in [0.1, 0.15) is 0 Å². The zero-order valence-corrected chi connectivity index (χ0v) is 9.00. The maximum absolute atomic E-state index is 11.6. The highest BCUT2D eigenvalue weighted by atomic mass is 16.5. The Hall–Kier alpha value is -0.570. The van der Waals surface area contributed by atoms with E-state index in [4.69, 9.17) is 10.5 Å². The quantitative estimate of drug-likeness (QED) is 0.555. The number of rotatable bonds is 4. The first-order valence-corrected chi connectivity index (χ1v) is 5.68. The molecule has 2 N–H and O–H groups in total. The fraction of sp³-hybridized carbons (Fsp3) is 0.909. The Morgan fingerprint density at radius 2 is 2.14 bits per heavy atom. The number of hydrogen-bond donors (Lipinski definition) is 1. The van der Waals surface area contributed by atoms with E-state index in [2.05, 4.69) is 6.92 Å². The summed E-state index contributed by atoms with van der Waals surface area (Å²) in [4.78, 5) is 11.6. The minimum atomic E-state index is -0.0781. The van der Waals surface area contributed by atoms with Crippen LogP contribution in [0.4, 0.5) is 0 Å². The minimum Gasteiger partial charge on any atom is -0.465 e. The van der Waals surface area contributed by atoms with Gasteiger partial charge in [0.05, 0.1) is 12.5 Å². The van der Waals surface area contributed by atoms with E-state index in [-0.39, 0.29) is 17.9 Å². The Bertz CT molecular complexity index is 182. The second-order valence-electron chi connectivity index (χ2n) is 4.08. The fourth-order valence-electron chi connectivity index (χ4n) is 1.88. The van der Waals surface area contributed by atoms with Gasteiger partial charge in [-0.1, -0.05) is 26.2 Å². The first-order valence-electron chi connectivity index (χ1n) is 5.68. The van der Waals surface area contributed by atoms with E-state index in [0.29, 0.717) is 6.61 Å². The lowest BCUT2D eigenvalue weighted by Gasteiger charge is -2.26. The van der Waals surface area contributed by atoms with Gasteiger partial charge >= 0.3 is 5.97 Å². The van der Waals surface area contributed by atoms with E-state index < -0.39 is 0 Å². The number of ether oxygens (including phenoxy) is 1. The fourth-order valence-corrected chi connectivity index (χ4v) is 1.88. The molecule has 1 aliphatic rings. The molecule has 0 aromatic rings. The van der Waals surface area contributed by atoms with Gasteiger partial charge in [0, 0.05) is 6.04 Å². The first-order chi connectivity index (χ1) is 6.75. The van der Waals surface area contributed by atoms with Crippen molar-refractivity contribution in [2.45, 2.75) is 51.5 Å². The van der Waals surface area contributed by atoms with Crippen molar-refractivity contribution in [1.82, 2.24) is 0 Å². The smallest absolute Gasteiger partial charge is 0.310 e. The predicted molar refractivity (Wildman–Crippen MR) is 55.8 cm³/mol. The summed E-state index contributed by atoms with van der Waals surface area (Å²) in [5.74, 6) is -0.119. The highest BCUT2D eigenvalue weighted by Crippen LogP contribution is 2.23. The van der Waals surface area contributed by atoms with Crippen molar-refractivity contribution >= 4 is 5.97 Å². The summed E-state index contributed by atoms with van der Waals surface area (Å²) in [6, 6.07) is 0.0258. The van der Waals surface area contributed by atoms with Crippen molar-refractivity contribution in [1.29, 1.82) is 0 Å². The molecule has 0 saturated heterocycles. The monoisotopic (exact) mass is 199 g/mol. The van der Waals surface area contributed by atoms with Gasteiger partial charge in [-0.2, -0.15) is 0 Å². The number of esters is 1. The third kappa shape index (κ3) is 3.29. The van der Waals surface area contributed by atoms with Gasteiger partial charge in [-0.15, -0.1) is 0 Å². The Morgan fingerprint density at radius 3 is 2.79 bits per heavy atom. The largest absolute Gasteiger partial charge is 0.465 e. The van der Waals surface area contributed by atoms with Crippen LogP contribution >= 0.6 is 0 Å². The van der Waals surface area contributed by atoms with Crippen molar-refractivity contribution in [2.24, 2.45) is 11.7 Å². The molecular weight excluding hydrogens is 178 g/mol. The number of carbonyl (C=O) groups excluding carboxylic acids is 1. The SMILES string of the molecule is CCCCOC(=O)C1CCCCC1N. The van der Waals surface area contributed by atoms with Crippen molar-refractivity contribution in [3.8, 4) is 0 Å². The molecule has 0 heterocycles. The van der Waals surface area contributed by atoms with E-state index in [1.807, 2.05) is 0 Å². The van der Waals surface area contributed by atoms with Crippen LogP contribution < -0.4 is 5.73 Å². The normalized spacial score (nSPS) is 27.3. The van der Waals surface area contributed by atoms with Gasteiger partial charge in [0.15, 0.2) is 0 Å². The van der Waals surface area contributed by atoms with E-state index in [1.165, 1.54) is 0 Å². The van der Waals surface area contributed by atoms with Crippen LogP contribution in [0.3, 0.4) is 0 Å². The lowest BCUT2D eigenvalue weighted by Crippen LogP contribution is -2.39. The third-order valence-electron chi connectivity index (χ3n) is 2.86. The van der Waals surface area contributed by atoms with Gasteiger partial charge < -0.3 is 10.5 Å². The van der Waals surface area contributed by atoms with Crippen LogP contribution in [0.2, 0.25) is 0 Å². The van der Waals surface area contributed by atoms with Crippen molar-refractivity contribution in [2.75, 3.05) is 6.61 Å². The van der Waals surface area contributed by atoms with E-state index in [1.54, 1.807) is 0 Å². The molecule has 1 aliphatic carbocycles. The van der Waals surface area contributed by atoms with E-state index in [0.717, 1.165) is 38.5 Å². The summed E-state index contributed by atoms with van der Waals surface area (Å²) in [6.07, 6.45) is 6.15. The molecule has 0 bridgehead atoms. The van der Waals surface area contributed by atoms with Gasteiger partial charge in [0.2, 0.25) is 0 Å². The summed E-state index contributed by atoms with van der Waals surface area (Å²) in [6.45, 7) is 2.64. The topological polar surface area (TPSA) is 52.3 Å².